The molecular formula is C37H49FN4O3. The highest BCUT2D eigenvalue weighted by atomic mass is 19.1. The molecule has 1 heterocycles. The molecule has 2 aliphatic rings. The Hall–Kier alpha value is -4.30. The van der Waals surface area contributed by atoms with Crippen LogP contribution in [-0.2, 0) is 9.59 Å². The number of aliphatic imine (C=N–C) groups is 1. The highest BCUT2D eigenvalue weighted by Crippen LogP contribution is 2.24. The first kappa shape index (κ1) is 36.9. The second-order valence-corrected chi connectivity index (χ2v) is 11.1. The van der Waals surface area contributed by atoms with Gasteiger partial charge in [0.1, 0.15) is 28.9 Å². The Morgan fingerprint density at radius 2 is 1.67 bits per heavy atom. The molecule has 2 aromatic carbocycles. The number of hydrogen-bond donors (Lipinski definition) is 2. The number of nitrogens with one attached hydrogen (secondary N) is 2. The lowest BCUT2D eigenvalue weighted by atomic mass is 10.0. The van der Waals surface area contributed by atoms with Crippen molar-refractivity contribution in [2.75, 3.05) is 25.5 Å². The van der Waals surface area contributed by atoms with Crippen LogP contribution in [0.2, 0.25) is 0 Å². The fourth-order valence-corrected chi connectivity index (χ4v) is 4.26. The van der Waals surface area contributed by atoms with Gasteiger partial charge in [-0.15, -0.1) is 0 Å². The molecule has 8 heteroatoms. The first-order valence-corrected chi connectivity index (χ1v) is 15.6. The highest BCUT2D eigenvalue weighted by Gasteiger charge is 2.30. The lowest BCUT2D eigenvalue weighted by Gasteiger charge is -2.24. The molecule has 0 bridgehead atoms. The van der Waals surface area contributed by atoms with Crippen molar-refractivity contribution in [3.8, 4) is 11.5 Å². The molecule has 2 unspecified atom stereocenters. The van der Waals surface area contributed by atoms with E-state index >= 15 is 0 Å². The van der Waals surface area contributed by atoms with Gasteiger partial charge in [-0.3, -0.25) is 14.6 Å². The van der Waals surface area contributed by atoms with Crippen molar-refractivity contribution in [3.05, 3.63) is 103 Å². The van der Waals surface area contributed by atoms with E-state index in [9.17, 15) is 14.0 Å². The van der Waals surface area contributed by atoms with Crippen LogP contribution in [0.25, 0.3) is 0 Å². The summed E-state index contributed by atoms with van der Waals surface area (Å²) in [5.41, 5.74) is 1.76. The van der Waals surface area contributed by atoms with E-state index in [-0.39, 0.29) is 29.5 Å². The van der Waals surface area contributed by atoms with E-state index in [4.69, 9.17) is 4.74 Å². The van der Waals surface area contributed by atoms with Crippen LogP contribution in [0, 0.1) is 11.7 Å². The molecule has 2 N–H and O–H groups in total. The third-order valence-corrected chi connectivity index (χ3v) is 7.19. The highest BCUT2D eigenvalue weighted by molar-refractivity contribution is 5.92. The Morgan fingerprint density at radius 3 is 2.22 bits per heavy atom. The quantitative estimate of drug-likeness (QED) is 0.224. The number of ether oxygens (including phenoxy) is 1. The zero-order valence-corrected chi connectivity index (χ0v) is 27.4. The van der Waals surface area contributed by atoms with E-state index in [0.717, 1.165) is 36.4 Å². The number of unbranched alkanes of at least 4 members (excludes halogenated alkanes) is 1. The van der Waals surface area contributed by atoms with Gasteiger partial charge in [0.15, 0.2) is 0 Å². The van der Waals surface area contributed by atoms with E-state index in [0.29, 0.717) is 37.1 Å². The van der Waals surface area contributed by atoms with Crippen molar-refractivity contribution >= 4 is 23.2 Å². The average molecular weight is 617 g/mol. The van der Waals surface area contributed by atoms with E-state index in [1.54, 1.807) is 42.5 Å². The number of Topliss-reactive ketones (excluding diaryl/α,β-unsaturated/α-hetero) is 1. The van der Waals surface area contributed by atoms with Gasteiger partial charge in [-0.1, -0.05) is 82.7 Å². The lowest BCUT2D eigenvalue weighted by molar-refractivity contribution is -0.119. The molecule has 242 valence electrons. The topological polar surface area (TPSA) is 83.0 Å². The Labute approximate surface area is 268 Å². The summed E-state index contributed by atoms with van der Waals surface area (Å²) in [7, 11) is 2.05. The maximum Gasteiger partial charge on any atom is 0.227 e. The maximum absolute atomic E-state index is 12.8. The molecule has 1 aliphatic heterocycles. The summed E-state index contributed by atoms with van der Waals surface area (Å²) in [5, 5.41) is 6.05. The maximum atomic E-state index is 12.8. The van der Waals surface area contributed by atoms with Crippen LogP contribution in [0.5, 0.6) is 11.5 Å². The minimum atomic E-state index is -0.299. The molecule has 3 atom stereocenters. The smallest absolute Gasteiger partial charge is 0.227 e. The van der Waals surface area contributed by atoms with Crippen molar-refractivity contribution in [2.24, 2.45) is 10.9 Å². The van der Waals surface area contributed by atoms with Crippen molar-refractivity contribution in [1.82, 2.24) is 10.2 Å². The molecule has 0 saturated carbocycles. The molecular weight excluding hydrogens is 567 g/mol. The zero-order chi connectivity index (χ0) is 33.2. The van der Waals surface area contributed by atoms with Crippen LogP contribution < -0.4 is 15.4 Å². The fraction of sp³-hybridized carbons (Fsp3) is 0.378. The van der Waals surface area contributed by atoms with Crippen molar-refractivity contribution in [2.45, 2.75) is 65.5 Å². The fourth-order valence-electron chi connectivity index (χ4n) is 4.26. The monoisotopic (exact) mass is 616 g/mol. The first-order chi connectivity index (χ1) is 21.6. The van der Waals surface area contributed by atoms with Crippen LogP contribution in [0.15, 0.2) is 103 Å². The number of amidine groups is 1. The molecule has 2 aromatic rings. The van der Waals surface area contributed by atoms with Crippen molar-refractivity contribution < 1.29 is 18.7 Å². The standard InChI is InChI=1S/C19H22FNO2.C13H19N3O.C5H8/c1-3-4-5-14(2)19(22)21-16-8-12-18(13-9-16)23-17-10-6-15(20)7-11-17;1-3-10(17)8-14-9-13-15-11-6-4-5-7-12(11)16(13)2;1-4-5(2)3/h6-14H,3-5H2,1-2H3,(H,21,22);4-7,11-12,14H,3,8-9H2,1-2H3;4H,1-2H2,3H3/t14-;;/m0../s1. The largest absolute Gasteiger partial charge is 0.457 e. The second-order valence-electron chi connectivity index (χ2n) is 11.1. The van der Waals surface area contributed by atoms with Crippen LogP contribution in [0.1, 0.15) is 53.4 Å². The summed E-state index contributed by atoms with van der Waals surface area (Å²) in [6.07, 6.45) is 13.7. The van der Waals surface area contributed by atoms with Gasteiger partial charge in [0.2, 0.25) is 5.91 Å². The van der Waals surface area contributed by atoms with Crippen LogP contribution in [-0.4, -0.2) is 54.6 Å². The van der Waals surface area contributed by atoms with E-state index < -0.39 is 0 Å². The molecule has 0 fully saturated rings. The van der Waals surface area contributed by atoms with Crippen LogP contribution >= 0.6 is 0 Å². The lowest BCUT2D eigenvalue weighted by Crippen LogP contribution is -2.40. The van der Waals surface area contributed by atoms with Gasteiger partial charge in [-0.2, -0.15) is 0 Å². The van der Waals surface area contributed by atoms with E-state index in [1.165, 1.54) is 12.1 Å². The average Bonchev–Trinajstić information content (AvgIpc) is 3.37. The summed E-state index contributed by atoms with van der Waals surface area (Å²) in [4.78, 5) is 30.0. The molecule has 45 heavy (non-hydrogen) atoms. The normalized spacial score (nSPS) is 16.6. The Bertz CT molecular complexity index is 1330. The molecule has 7 nitrogen and oxygen atoms in total. The van der Waals surface area contributed by atoms with Crippen molar-refractivity contribution in [1.29, 1.82) is 0 Å². The van der Waals surface area contributed by atoms with Gasteiger partial charge >= 0.3 is 0 Å². The van der Waals surface area contributed by atoms with E-state index in [1.807, 2.05) is 26.8 Å². The van der Waals surface area contributed by atoms with Gasteiger partial charge in [0.25, 0.3) is 0 Å². The minimum absolute atomic E-state index is 0.00471. The Balaban J connectivity index is 0.000000281. The zero-order valence-electron chi connectivity index (χ0n) is 27.4. The number of halogens is 1. The third kappa shape index (κ3) is 13.5. The summed E-state index contributed by atoms with van der Waals surface area (Å²) < 4.78 is 18.5. The van der Waals surface area contributed by atoms with Gasteiger partial charge in [-0.25, -0.2) is 4.39 Å². The molecule has 4 rings (SSSR count). The number of hydrogen-bond acceptors (Lipinski definition) is 6. The summed E-state index contributed by atoms with van der Waals surface area (Å²) in [5.74, 6) is 2.21. The summed E-state index contributed by atoms with van der Waals surface area (Å²) >= 11 is 0. The number of allylic oxidation sites excluding steroid dienone is 4. The molecule has 0 saturated heterocycles. The number of ketones is 1. The molecule has 0 radical (unpaired) electrons. The van der Waals surface area contributed by atoms with Gasteiger partial charge in [0, 0.05) is 25.1 Å². The van der Waals surface area contributed by atoms with Gasteiger partial charge in [0.05, 0.1) is 25.2 Å². The number of benzene rings is 2. The third-order valence-electron chi connectivity index (χ3n) is 7.19. The molecule has 1 aliphatic carbocycles. The molecule has 0 aromatic heterocycles. The SMILES string of the molecule is C=CC(=C)C.CCC(=O)CNCC1=NC2C=CC=CC2N1C.CCCC[C@H](C)C(=O)Nc1ccc(Oc2ccc(F)cc2)cc1. The minimum Gasteiger partial charge on any atom is -0.457 e. The molecule has 0 spiro atoms. The number of amides is 1. The number of carbonyl (C=O) groups is 2. The van der Waals surface area contributed by atoms with Gasteiger partial charge < -0.3 is 20.3 Å². The van der Waals surface area contributed by atoms with Crippen LogP contribution in [0.3, 0.4) is 0 Å². The predicted molar refractivity (Wildman–Crippen MR) is 184 cm³/mol. The molecule has 1 amide bonds. The second kappa shape index (κ2) is 19.9. The summed E-state index contributed by atoms with van der Waals surface area (Å²) in [6.45, 7) is 16.0. The number of nitrogens with zero attached hydrogens (tertiary/aromatic N) is 2. The Kier molecular flexibility index (Phi) is 16.3. The number of likely N-dealkylation sites (N-methyl/N-ethyl adjacent to an activating group) is 1. The number of anilines is 1. The Morgan fingerprint density at radius 1 is 1.07 bits per heavy atom. The van der Waals surface area contributed by atoms with Crippen LogP contribution in [0.4, 0.5) is 10.1 Å². The van der Waals surface area contributed by atoms with Gasteiger partial charge in [-0.05, 0) is 61.9 Å². The summed E-state index contributed by atoms with van der Waals surface area (Å²) in [6, 6.07) is 13.6. The first-order valence-electron chi connectivity index (χ1n) is 15.6. The number of carbonyl (C=O) groups excluding carboxylic acids is 2. The van der Waals surface area contributed by atoms with E-state index in [2.05, 4.69) is 65.9 Å². The predicted octanol–water partition coefficient (Wildman–Crippen LogP) is 7.89. The number of rotatable bonds is 13. The van der Waals surface area contributed by atoms with Crippen molar-refractivity contribution in [3.63, 3.8) is 0 Å². The number of fused-ring (bicyclic) bond motifs is 1.